The summed E-state index contributed by atoms with van der Waals surface area (Å²) >= 11 is 3.36. The van der Waals surface area contributed by atoms with Crippen molar-refractivity contribution < 1.29 is 4.79 Å². The third-order valence-electron chi connectivity index (χ3n) is 4.32. The highest BCUT2D eigenvalue weighted by atomic mass is 79.9. The second-order valence-corrected chi connectivity index (χ2v) is 7.14. The number of fused-ring (bicyclic) bond motifs is 1. The smallest absolute Gasteiger partial charge is 0.261 e. The lowest BCUT2D eigenvalue weighted by Crippen LogP contribution is -2.23. The SMILES string of the molecule is O=C(CCn1cnc2ccc(Br)cc2c1=O)Nc1ccc(-n2ccnc2)cc1. The quantitative estimate of drug-likeness (QED) is 0.518. The van der Waals surface area contributed by atoms with Crippen LogP contribution in [0.1, 0.15) is 6.42 Å². The number of halogens is 1. The number of nitrogens with zero attached hydrogens (tertiary/aromatic N) is 4. The van der Waals surface area contributed by atoms with Crippen LogP contribution in [0.25, 0.3) is 16.6 Å². The average molecular weight is 438 g/mol. The molecule has 0 bridgehead atoms. The van der Waals surface area contributed by atoms with Gasteiger partial charge < -0.3 is 9.88 Å². The number of aromatic nitrogens is 4. The highest BCUT2D eigenvalue weighted by Crippen LogP contribution is 2.15. The minimum Gasteiger partial charge on any atom is -0.326 e. The van der Waals surface area contributed by atoms with Crippen LogP contribution in [0.5, 0.6) is 0 Å². The number of carbonyl (C=O) groups is 1. The Bertz CT molecular complexity index is 1180. The lowest BCUT2D eigenvalue weighted by atomic mass is 10.2. The monoisotopic (exact) mass is 437 g/mol. The highest BCUT2D eigenvalue weighted by Gasteiger charge is 2.08. The van der Waals surface area contributed by atoms with Gasteiger partial charge in [0.05, 0.1) is 23.6 Å². The number of hydrogen-bond acceptors (Lipinski definition) is 4. The van der Waals surface area contributed by atoms with E-state index >= 15 is 0 Å². The Morgan fingerprint density at radius 3 is 2.68 bits per heavy atom. The molecule has 0 atom stereocenters. The molecule has 4 rings (SSSR count). The number of hydrogen-bond donors (Lipinski definition) is 1. The maximum atomic E-state index is 12.6. The summed E-state index contributed by atoms with van der Waals surface area (Å²) < 4.78 is 4.15. The fraction of sp³-hybridized carbons (Fsp3) is 0.100. The van der Waals surface area contributed by atoms with Crippen molar-refractivity contribution in [2.45, 2.75) is 13.0 Å². The molecule has 0 spiro atoms. The molecule has 1 N–H and O–H groups in total. The van der Waals surface area contributed by atoms with Gasteiger partial charge in [-0.3, -0.25) is 14.2 Å². The molecule has 7 nitrogen and oxygen atoms in total. The Labute approximate surface area is 168 Å². The topological polar surface area (TPSA) is 81.8 Å². The Morgan fingerprint density at radius 2 is 1.93 bits per heavy atom. The number of imidazole rings is 1. The van der Waals surface area contributed by atoms with Crippen molar-refractivity contribution in [1.29, 1.82) is 0 Å². The van der Waals surface area contributed by atoms with Crippen molar-refractivity contribution in [1.82, 2.24) is 19.1 Å². The van der Waals surface area contributed by atoms with Crippen molar-refractivity contribution in [3.8, 4) is 5.69 Å². The van der Waals surface area contributed by atoms with Gasteiger partial charge in [0.2, 0.25) is 5.91 Å². The first-order valence-electron chi connectivity index (χ1n) is 8.63. The average Bonchev–Trinajstić information content (AvgIpc) is 3.23. The molecule has 0 saturated heterocycles. The van der Waals surface area contributed by atoms with Crippen LogP contribution in [0.3, 0.4) is 0 Å². The van der Waals surface area contributed by atoms with Gasteiger partial charge in [-0.25, -0.2) is 9.97 Å². The van der Waals surface area contributed by atoms with Gasteiger partial charge in [-0.1, -0.05) is 15.9 Å². The largest absolute Gasteiger partial charge is 0.326 e. The number of carbonyl (C=O) groups excluding carboxylic acids is 1. The van der Waals surface area contributed by atoms with Crippen molar-refractivity contribution in [2.75, 3.05) is 5.32 Å². The zero-order valence-electron chi connectivity index (χ0n) is 14.7. The summed E-state index contributed by atoms with van der Waals surface area (Å²) in [6.07, 6.45) is 6.91. The van der Waals surface area contributed by atoms with E-state index in [2.05, 4.69) is 31.2 Å². The first kappa shape index (κ1) is 18.1. The van der Waals surface area contributed by atoms with E-state index in [1.807, 2.05) is 41.1 Å². The fourth-order valence-corrected chi connectivity index (χ4v) is 3.23. The van der Waals surface area contributed by atoms with Crippen LogP contribution in [-0.4, -0.2) is 25.0 Å². The van der Waals surface area contributed by atoms with E-state index in [0.29, 0.717) is 16.6 Å². The zero-order chi connectivity index (χ0) is 19.5. The van der Waals surface area contributed by atoms with E-state index in [1.54, 1.807) is 24.7 Å². The first-order valence-corrected chi connectivity index (χ1v) is 9.42. The van der Waals surface area contributed by atoms with E-state index in [1.165, 1.54) is 10.9 Å². The lowest BCUT2D eigenvalue weighted by molar-refractivity contribution is -0.116. The van der Waals surface area contributed by atoms with Crippen LogP contribution in [0.15, 0.2) is 76.8 Å². The number of aryl methyl sites for hydroxylation is 1. The van der Waals surface area contributed by atoms with Crippen LogP contribution in [0, 0.1) is 0 Å². The maximum Gasteiger partial charge on any atom is 0.261 e. The minimum absolute atomic E-state index is 0.163. The van der Waals surface area contributed by atoms with Crippen LogP contribution in [0.4, 0.5) is 5.69 Å². The highest BCUT2D eigenvalue weighted by molar-refractivity contribution is 9.10. The van der Waals surface area contributed by atoms with Gasteiger partial charge in [0.15, 0.2) is 0 Å². The number of benzene rings is 2. The van der Waals surface area contributed by atoms with Gasteiger partial charge in [0, 0.05) is 41.2 Å². The summed E-state index contributed by atoms with van der Waals surface area (Å²) in [6.45, 7) is 0.257. The third-order valence-corrected chi connectivity index (χ3v) is 4.81. The molecule has 2 aromatic carbocycles. The van der Waals surface area contributed by atoms with Crippen molar-refractivity contribution in [3.63, 3.8) is 0 Å². The van der Waals surface area contributed by atoms with Crippen molar-refractivity contribution >= 4 is 38.4 Å². The molecule has 140 valence electrons. The molecule has 2 aromatic heterocycles. The molecular formula is C20H16BrN5O2. The molecule has 0 saturated carbocycles. The summed E-state index contributed by atoms with van der Waals surface area (Å²) in [7, 11) is 0. The Hall–Kier alpha value is -3.26. The standard InChI is InChI=1S/C20H16BrN5O2/c21-14-1-6-18-17(11-14)20(28)26(13-23-18)9-7-19(27)24-15-2-4-16(5-3-15)25-10-8-22-12-25/h1-6,8,10-13H,7,9H2,(H,24,27). The summed E-state index contributed by atoms with van der Waals surface area (Å²) in [6, 6.07) is 12.8. The number of anilines is 1. The Kier molecular flexibility index (Phi) is 5.03. The summed E-state index contributed by atoms with van der Waals surface area (Å²) in [5.41, 5.74) is 2.12. The minimum atomic E-state index is -0.170. The summed E-state index contributed by atoms with van der Waals surface area (Å²) in [5, 5.41) is 3.36. The molecule has 0 aliphatic rings. The third kappa shape index (κ3) is 3.86. The molecule has 8 heteroatoms. The Morgan fingerprint density at radius 1 is 1.11 bits per heavy atom. The van der Waals surface area contributed by atoms with Crippen LogP contribution in [-0.2, 0) is 11.3 Å². The molecular weight excluding hydrogens is 422 g/mol. The van der Waals surface area contributed by atoms with Gasteiger partial charge in [-0.15, -0.1) is 0 Å². The van der Waals surface area contributed by atoms with Gasteiger partial charge in [-0.2, -0.15) is 0 Å². The van der Waals surface area contributed by atoms with Crippen LogP contribution >= 0.6 is 15.9 Å². The number of rotatable bonds is 5. The van der Waals surface area contributed by atoms with E-state index in [0.717, 1.165) is 10.2 Å². The van der Waals surface area contributed by atoms with E-state index in [4.69, 9.17) is 0 Å². The fourth-order valence-electron chi connectivity index (χ4n) is 2.86. The predicted octanol–water partition coefficient (Wildman–Crippen LogP) is 3.37. The zero-order valence-corrected chi connectivity index (χ0v) is 16.3. The van der Waals surface area contributed by atoms with Gasteiger partial charge in [0.1, 0.15) is 0 Å². The predicted molar refractivity (Wildman–Crippen MR) is 111 cm³/mol. The summed E-state index contributed by atoms with van der Waals surface area (Å²) in [4.78, 5) is 33.1. The second kappa shape index (κ2) is 7.77. The maximum absolute atomic E-state index is 12.6. The van der Waals surface area contributed by atoms with Gasteiger partial charge >= 0.3 is 0 Å². The molecule has 0 unspecified atom stereocenters. The molecule has 4 aromatic rings. The molecule has 0 fully saturated rings. The lowest BCUT2D eigenvalue weighted by Gasteiger charge is -2.09. The van der Waals surface area contributed by atoms with Crippen LogP contribution < -0.4 is 10.9 Å². The summed E-state index contributed by atoms with van der Waals surface area (Å²) in [5.74, 6) is -0.170. The molecule has 0 radical (unpaired) electrons. The normalized spacial score (nSPS) is 10.9. The van der Waals surface area contributed by atoms with E-state index in [9.17, 15) is 9.59 Å². The number of amides is 1. The Balaban J connectivity index is 1.41. The molecule has 0 aliphatic heterocycles. The van der Waals surface area contributed by atoms with E-state index in [-0.39, 0.29) is 24.4 Å². The first-order chi connectivity index (χ1) is 13.6. The molecule has 28 heavy (non-hydrogen) atoms. The van der Waals surface area contributed by atoms with Gasteiger partial charge in [0.25, 0.3) is 5.56 Å². The van der Waals surface area contributed by atoms with E-state index < -0.39 is 0 Å². The van der Waals surface area contributed by atoms with Crippen LogP contribution in [0.2, 0.25) is 0 Å². The second-order valence-electron chi connectivity index (χ2n) is 6.22. The van der Waals surface area contributed by atoms with Crippen molar-refractivity contribution in [3.05, 3.63) is 82.3 Å². The molecule has 1 amide bonds. The molecule has 0 aliphatic carbocycles. The molecule has 2 heterocycles. The van der Waals surface area contributed by atoms with Gasteiger partial charge in [-0.05, 0) is 42.5 Å². The van der Waals surface area contributed by atoms with Crippen molar-refractivity contribution in [2.24, 2.45) is 0 Å². The number of nitrogens with one attached hydrogen (secondary N) is 1.